The Balaban J connectivity index is 1.08. The number of methoxy groups -OCH3 is 1. The topological polar surface area (TPSA) is 114 Å². The molecule has 10 heteroatoms. The molecular formula is C37H36IN3O6. The number of benzene rings is 3. The summed E-state index contributed by atoms with van der Waals surface area (Å²) >= 11 is 2.05. The lowest BCUT2D eigenvalue weighted by Crippen LogP contribution is -2.54. The molecule has 0 spiro atoms. The third kappa shape index (κ3) is 6.15. The van der Waals surface area contributed by atoms with Crippen molar-refractivity contribution < 1.29 is 28.7 Å². The van der Waals surface area contributed by atoms with Crippen LogP contribution in [-0.2, 0) is 19.8 Å². The van der Waals surface area contributed by atoms with Gasteiger partial charge in [0.15, 0.2) is 18.1 Å². The first-order chi connectivity index (χ1) is 22.6. The number of nitrogens with zero attached hydrogens (tertiary/aromatic N) is 1. The van der Waals surface area contributed by atoms with Crippen molar-refractivity contribution in [3.05, 3.63) is 86.5 Å². The maximum atomic E-state index is 13.7. The van der Waals surface area contributed by atoms with Crippen LogP contribution in [0.2, 0.25) is 0 Å². The molecule has 9 nitrogen and oxygen atoms in total. The van der Waals surface area contributed by atoms with Crippen molar-refractivity contribution in [3.63, 3.8) is 0 Å². The van der Waals surface area contributed by atoms with Crippen LogP contribution in [0.25, 0.3) is 6.08 Å². The number of carbonyl (C=O) groups excluding carboxylic acids is 4. The number of rotatable bonds is 8. The molecule has 242 valence electrons. The van der Waals surface area contributed by atoms with Crippen LogP contribution in [0.1, 0.15) is 55.2 Å². The zero-order valence-corrected chi connectivity index (χ0v) is 28.5. The maximum absolute atomic E-state index is 13.7. The van der Waals surface area contributed by atoms with E-state index in [0.717, 1.165) is 28.2 Å². The highest BCUT2D eigenvalue weighted by molar-refractivity contribution is 14.1. The van der Waals surface area contributed by atoms with Gasteiger partial charge in [0, 0.05) is 5.69 Å². The molecule has 5 amide bonds. The minimum atomic E-state index is -0.778. The van der Waals surface area contributed by atoms with Gasteiger partial charge in [-0.1, -0.05) is 29.8 Å². The van der Waals surface area contributed by atoms with E-state index < -0.39 is 17.8 Å². The van der Waals surface area contributed by atoms with Crippen LogP contribution in [-0.4, -0.2) is 37.5 Å². The number of hydrogen-bond acceptors (Lipinski definition) is 6. The molecule has 2 N–H and O–H groups in total. The first kappa shape index (κ1) is 31.4. The Morgan fingerprint density at radius 1 is 0.979 bits per heavy atom. The lowest BCUT2D eigenvalue weighted by atomic mass is 9.48. The highest BCUT2D eigenvalue weighted by Crippen LogP contribution is 2.60. The fourth-order valence-corrected chi connectivity index (χ4v) is 9.20. The van der Waals surface area contributed by atoms with Crippen molar-refractivity contribution in [1.82, 2.24) is 5.32 Å². The van der Waals surface area contributed by atoms with Crippen LogP contribution >= 0.6 is 22.6 Å². The van der Waals surface area contributed by atoms with Crippen molar-refractivity contribution >= 4 is 63.8 Å². The number of aryl methyl sites for hydroxylation is 1. The lowest BCUT2D eigenvalue weighted by molar-refractivity contribution is -0.122. The molecule has 0 atom stereocenters. The second kappa shape index (κ2) is 12.4. The van der Waals surface area contributed by atoms with Gasteiger partial charge in [-0.05, 0) is 145 Å². The van der Waals surface area contributed by atoms with Gasteiger partial charge in [0.25, 0.3) is 17.7 Å². The van der Waals surface area contributed by atoms with Gasteiger partial charge in [-0.3, -0.25) is 19.7 Å². The van der Waals surface area contributed by atoms with E-state index in [1.807, 2.05) is 65.9 Å². The van der Waals surface area contributed by atoms with Crippen LogP contribution < -0.4 is 25.0 Å². The summed E-state index contributed by atoms with van der Waals surface area (Å²) in [5.74, 6) is 1.28. The molecule has 5 fully saturated rings. The molecular weight excluding hydrogens is 709 g/mol. The highest BCUT2D eigenvalue weighted by atomic mass is 127. The fraction of sp³-hybridized carbons (Fsp3) is 0.351. The second-order valence-corrected chi connectivity index (χ2v) is 14.6. The predicted octanol–water partition coefficient (Wildman–Crippen LogP) is 6.76. The monoisotopic (exact) mass is 745 g/mol. The third-order valence-corrected chi connectivity index (χ3v) is 10.9. The van der Waals surface area contributed by atoms with Crippen LogP contribution in [0.5, 0.6) is 11.5 Å². The summed E-state index contributed by atoms with van der Waals surface area (Å²) < 4.78 is 12.0. The van der Waals surface area contributed by atoms with Gasteiger partial charge in [-0.2, -0.15) is 0 Å². The van der Waals surface area contributed by atoms with Crippen molar-refractivity contribution in [1.29, 1.82) is 0 Å². The number of halogens is 1. The summed E-state index contributed by atoms with van der Waals surface area (Å²) in [5.41, 5.74) is 3.95. The number of urea groups is 1. The molecule has 1 aliphatic heterocycles. The molecule has 5 aliphatic rings. The first-order valence-electron chi connectivity index (χ1n) is 16.0. The van der Waals surface area contributed by atoms with E-state index in [1.54, 1.807) is 12.1 Å². The summed E-state index contributed by atoms with van der Waals surface area (Å²) in [6.45, 7) is 1.72. The summed E-state index contributed by atoms with van der Waals surface area (Å²) in [7, 11) is 1.47. The van der Waals surface area contributed by atoms with Gasteiger partial charge >= 0.3 is 6.03 Å². The smallest absolute Gasteiger partial charge is 0.335 e. The molecule has 47 heavy (non-hydrogen) atoms. The molecule has 4 bridgehead atoms. The predicted molar refractivity (Wildman–Crippen MR) is 186 cm³/mol. The molecule has 3 aromatic rings. The first-order valence-corrected chi connectivity index (χ1v) is 17.1. The summed E-state index contributed by atoms with van der Waals surface area (Å²) in [4.78, 5) is 53.1. The minimum absolute atomic E-state index is 0.182. The number of amides is 5. The molecule has 1 heterocycles. The minimum Gasteiger partial charge on any atom is -0.493 e. The molecule has 8 rings (SSSR count). The van der Waals surface area contributed by atoms with Crippen LogP contribution in [0, 0.1) is 28.2 Å². The van der Waals surface area contributed by atoms with E-state index in [0.29, 0.717) is 32.0 Å². The SMILES string of the molecule is COc1cc(/C=C2\C(=O)NC(=O)N(c3ccc(C45CC6CC(CC(C6)C4)C5)cc3)C2=O)cc(I)c1OCC(=O)Nc1ccc(C)cc1. The average Bonchev–Trinajstić information content (AvgIpc) is 3.03. The Kier molecular flexibility index (Phi) is 8.32. The Hall–Kier alpha value is -4.19. The molecule has 0 aromatic heterocycles. The van der Waals surface area contributed by atoms with Crippen molar-refractivity contribution in [3.8, 4) is 11.5 Å². The van der Waals surface area contributed by atoms with Gasteiger partial charge in [-0.15, -0.1) is 0 Å². The zero-order valence-electron chi connectivity index (χ0n) is 26.3. The van der Waals surface area contributed by atoms with E-state index in [9.17, 15) is 19.2 Å². The van der Waals surface area contributed by atoms with Crippen molar-refractivity contribution in [2.24, 2.45) is 17.8 Å². The number of nitrogens with one attached hydrogen (secondary N) is 2. The van der Waals surface area contributed by atoms with Crippen LogP contribution in [0.15, 0.2) is 66.2 Å². The van der Waals surface area contributed by atoms with Gasteiger partial charge < -0.3 is 14.8 Å². The van der Waals surface area contributed by atoms with E-state index in [1.165, 1.54) is 57.3 Å². The normalized spacial score (nSPS) is 25.6. The Labute approximate surface area is 287 Å². The van der Waals surface area contributed by atoms with E-state index >= 15 is 0 Å². The summed E-state index contributed by atoms with van der Waals surface area (Å²) in [6.07, 6.45) is 9.15. The average molecular weight is 746 g/mol. The molecule has 4 aliphatic carbocycles. The van der Waals surface area contributed by atoms with Gasteiger partial charge in [0.05, 0.1) is 16.4 Å². The quantitative estimate of drug-likeness (QED) is 0.150. The lowest BCUT2D eigenvalue weighted by Gasteiger charge is -2.57. The number of anilines is 2. The third-order valence-electron chi connectivity index (χ3n) is 10.1. The van der Waals surface area contributed by atoms with E-state index in [2.05, 4.69) is 22.8 Å². The Bertz CT molecular complexity index is 1760. The van der Waals surface area contributed by atoms with E-state index in [-0.39, 0.29) is 23.5 Å². The van der Waals surface area contributed by atoms with Crippen molar-refractivity contribution in [2.75, 3.05) is 23.9 Å². The standard InChI is InChI=1S/C37H36IN3O6/c1-21-3-7-27(8-4-21)39-32(42)20-47-33-30(38)15-22(16-31(33)46-2)14-29-34(43)40-36(45)41(35(29)44)28-9-5-26(6-10-28)37-17-23-11-24(18-37)13-25(12-23)19-37/h3-10,14-16,23-25H,11-13,17-20H2,1-2H3,(H,39,42)(H,40,43,45)/b29-14+. The Morgan fingerprint density at radius 2 is 1.62 bits per heavy atom. The second-order valence-electron chi connectivity index (χ2n) is 13.4. The molecule has 1 saturated heterocycles. The molecule has 0 unspecified atom stereocenters. The van der Waals surface area contributed by atoms with Gasteiger partial charge in [0.2, 0.25) is 0 Å². The summed E-state index contributed by atoms with van der Waals surface area (Å²) in [5, 5.41) is 5.11. The Morgan fingerprint density at radius 3 is 2.23 bits per heavy atom. The molecule has 4 saturated carbocycles. The van der Waals surface area contributed by atoms with E-state index in [4.69, 9.17) is 9.47 Å². The van der Waals surface area contributed by atoms with Gasteiger partial charge in [-0.25, -0.2) is 9.69 Å². The maximum Gasteiger partial charge on any atom is 0.335 e. The molecule has 0 radical (unpaired) electrons. The fourth-order valence-electron chi connectivity index (χ4n) is 8.42. The highest BCUT2D eigenvalue weighted by Gasteiger charge is 2.51. The zero-order chi connectivity index (χ0) is 32.9. The number of hydrogen-bond donors (Lipinski definition) is 2. The molecule has 3 aromatic carbocycles. The number of ether oxygens (including phenoxy) is 2. The number of carbonyl (C=O) groups is 4. The van der Waals surface area contributed by atoms with Gasteiger partial charge in [0.1, 0.15) is 5.57 Å². The van der Waals surface area contributed by atoms with Crippen LogP contribution in [0.3, 0.4) is 0 Å². The van der Waals surface area contributed by atoms with Crippen molar-refractivity contribution in [2.45, 2.75) is 50.9 Å². The summed E-state index contributed by atoms with van der Waals surface area (Å²) in [6, 6.07) is 17.8. The largest absolute Gasteiger partial charge is 0.493 e. The number of imide groups is 2. The van der Waals surface area contributed by atoms with Crippen LogP contribution in [0.4, 0.5) is 16.2 Å². The number of barbiturate groups is 1.